The van der Waals surface area contributed by atoms with Gasteiger partial charge < -0.3 is 10.6 Å². The van der Waals surface area contributed by atoms with Gasteiger partial charge in [0.2, 0.25) is 0 Å². The molecule has 1 aromatic rings. The lowest BCUT2D eigenvalue weighted by atomic mass is 9.88. The summed E-state index contributed by atoms with van der Waals surface area (Å²) >= 11 is 12.6. The molecule has 23 heavy (non-hydrogen) atoms. The van der Waals surface area contributed by atoms with E-state index in [9.17, 15) is 0 Å². The largest absolute Gasteiger partial charge is 0.365 e. The maximum absolute atomic E-state index is 6.36. The Balaban J connectivity index is 1.92. The molecule has 0 radical (unpaired) electrons. The lowest BCUT2D eigenvalue weighted by Gasteiger charge is -2.27. The van der Waals surface area contributed by atoms with Gasteiger partial charge in [0, 0.05) is 16.3 Å². The molecule has 0 aromatic heterocycles. The highest BCUT2D eigenvalue weighted by Crippen LogP contribution is 2.40. The smallest absolute Gasteiger partial charge is 0.120 e. The van der Waals surface area contributed by atoms with Crippen molar-refractivity contribution < 1.29 is 0 Å². The second-order valence-electron chi connectivity index (χ2n) is 6.34. The first kappa shape index (κ1) is 15.3. The molecule has 1 aliphatic carbocycles. The van der Waals surface area contributed by atoms with Gasteiger partial charge in [-0.25, -0.2) is 0 Å². The first-order valence-corrected chi connectivity index (χ1v) is 9.07. The number of piperidine rings is 1. The average molecular weight is 347 g/mol. The van der Waals surface area contributed by atoms with Crippen LogP contribution in [0.2, 0.25) is 5.02 Å². The Hall–Kier alpha value is -1.22. The molecule has 2 heterocycles. The zero-order chi connectivity index (χ0) is 15.8. The summed E-state index contributed by atoms with van der Waals surface area (Å²) in [5.74, 6) is 0. The highest BCUT2D eigenvalue weighted by atomic mass is 35.5. The van der Waals surface area contributed by atoms with Crippen LogP contribution in [0.1, 0.15) is 30.4 Å². The Morgan fingerprint density at radius 3 is 2.70 bits per heavy atom. The number of nitrogens with one attached hydrogen (secondary N) is 2. The minimum absolute atomic E-state index is 0.139. The summed E-state index contributed by atoms with van der Waals surface area (Å²) in [5, 5.41) is 7.78. The molecule has 2 aliphatic heterocycles. The molecule has 1 saturated heterocycles. The molecule has 120 valence electrons. The third-order valence-corrected chi connectivity index (χ3v) is 5.37. The van der Waals surface area contributed by atoms with E-state index < -0.39 is 0 Å². The Bertz CT molecular complexity index is 723. The Kier molecular flexibility index (Phi) is 4.23. The number of fused-ring (bicyclic) bond motifs is 1. The summed E-state index contributed by atoms with van der Waals surface area (Å²) in [6, 6.07) is 6.31. The highest BCUT2D eigenvalue weighted by Gasteiger charge is 2.26. The van der Waals surface area contributed by atoms with E-state index in [1.165, 1.54) is 33.5 Å². The number of benzene rings is 1. The maximum atomic E-state index is 6.36. The van der Waals surface area contributed by atoms with Gasteiger partial charge in [-0.3, -0.25) is 0 Å². The van der Waals surface area contributed by atoms with E-state index in [2.05, 4.69) is 28.8 Å². The standard InChI is InChI=1S/C19H20Cl2N2/c20-15-4-5-16-14(11-15)2-1-13-3-6-17(21)23-19(13)18(16)12-7-9-22-10-8-12/h3-6,11,17,22-23H,1-2,7-10H2. The molecule has 1 atom stereocenters. The third-order valence-electron chi connectivity index (χ3n) is 4.88. The van der Waals surface area contributed by atoms with Gasteiger partial charge in [0.15, 0.2) is 0 Å². The van der Waals surface area contributed by atoms with E-state index in [-0.39, 0.29) is 5.50 Å². The Morgan fingerprint density at radius 1 is 1.04 bits per heavy atom. The number of aryl methyl sites for hydroxylation is 1. The summed E-state index contributed by atoms with van der Waals surface area (Å²) < 4.78 is 0. The normalized spacial score (nSPS) is 24.0. The molecule has 0 saturated carbocycles. The molecule has 0 spiro atoms. The summed E-state index contributed by atoms with van der Waals surface area (Å²) in [5.41, 5.74) is 7.99. The molecule has 1 unspecified atom stereocenters. The van der Waals surface area contributed by atoms with E-state index in [0.717, 1.165) is 43.8 Å². The zero-order valence-electron chi connectivity index (χ0n) is 13.0. The van der Waals surface area contributed by atoms with Gasteiger partial charge >= 0.3 is 0 Å². The number of alkyl halides is 1. The van der Waals surface area contributed by atoms with Crippen molar-refractivity contribution in [3.63, 3.8) is 0 Å². The van der Waals surface area contributed by atoms with Crippen molar-refractivity contribution >= 4 is 28.8 Å². The number of hydrogen-bond acceptors (Lipinski definition) is 2. The molecule has 0 amide bonds. The van der Waals surface area contributed by atoms with Gasteiger partial charge in [-0.05, 0) is 73.7 Å². The van der Waals surface area contributed by atoms with Crippen molar-refractivity contribution in [2.75, 3.05) is 13.1 Å². The van der Waals surface area contributed by atoms with Crippen LogP contribution in [-0.2, 0) is 6.42 Å². The first-order valence-electron chi connectivity index (χ1n) is 8.26. The maximum Gasteiger partial charge on any atom is 0.120 e. The van der Waals surface area contributed by atoms with Crippen LogP contribution in [0.25, 0.3) is 5.57 Å². The van der Waals surface area contributed by atoms with Crippen LogP contribution in [0.4, 0.5) is 0 Å². The number of halogens is 2. The van der Waals surface area contributed by atoms with Crippen LogP contribution < -0.4 is 10.6 Å². The van der Waals surface area contributed by atoms with Gasteiger partial charge in [0.05, 0.1) is 0 Å². The minimum atomic E-state index is -0.139. The van der Waals surface area contributed by atoms with Crippen molar-refractivity contribution in [3.05, 3.63) is 63.3 Å². The minimum Gasteiger partial charge on any atom is -0.365 e. The molecular weight excluding hydrogens is 327 g/mol. The SMILES string of the molecule is Clc1ccc2c(c1)CCC1=C(NC(Cl)C=C1)C2=C1CCNCC1. The molecular formula is C19H20Cl2N2. The van der Waals surface area contributed by atoms with E-state index >= 15 is 0 Å². The Labute approximate surface area is 147 Å². The van der Waals surface area contributed by atoms with Gasteiger partial charge in [0.25, 0.3) is 0 Å². The summed E-state index contributed by atoms with van der Waals surface area (Å²) in [6.45, 7) is 2.09. The summed E-state index contributed by atoms with van der Waals surface area (Å²) in [4.78, 5) is 0. The summed E-state index contributed by atoms with van der Waals surface area (Å²) in [6.07, 6.45) is 8.44. The molecule has 1 fully saturated rings. The molecule has 2 nitrogen and oxygen atoms in total. The lowest BCUT2D eigenvalue weighted by molar-refractivity contribution is 0.610. The first-order chi connectivity index (χ1) is 11.2. The molecule has 1 aromatic carbocycles. The van der Waals surface area contributed by atoms with E-state index in [4.69, 9.17) is 23.2 Å². The second kappa shape index (κ2) is 6.35. The van der Waals surface area contributed by atoms with E-state index in [1.807, 2.05) is 12.1 Å². The quantitative estimate of drug-likeness (QED) is 0.537. The monoisotopic (exact) mass is 346 g/mol. The second-order valence-corrected chi connectivity index (χ2v) is 7.24. The van der Waals surface area contributed by atoms with Crippen LogP contribution >= 0.6 is 23.2 Å². The number of dihydropyridines is 1. The molecule has 3 aliphatic rings. The lowest BCUT2D eigenvalue weighted by Crippen LogP contribution is -2.28. The topological polar surface area (TPSA) is 24.1 Å². The fourth-order valence-electron chi connectivity index (χ4n) is 3.77. The fraction of sp³-hybridized carbons (Fsp3) is 0.368. The van der Waals surface area contributed by atoms with E-state index in [0.29, 0.717) is 0 Å². The van der Waals surface area contributed by atoms with Crippen LogP contribution in [0.15, 0.2) is 47.2 Å². The van der Waals surface area contributed by atoms with Crippen LogP contribution in [-0.4, -0.2) is 18.6 Å². The van der Waals surface area contributed by atoms with Crippen molar-refractivity contribution in [1.82, 2.24) is 10.6 Å². The number of hydrogen-bond donors (Lipinski definition) is 2. The van der Waals surface area contributed by atoms with Crippen LogP contribution in [0, 0.1) is 0 Å². The predicted molar refractivity (Wildman–Crippen MR) is 97.7 cm³/mol. The molecule has 4 rings (SSSR count). The zero-order valence-corrected chi connectivity index (χ0v) is 14.5. The number of allylic oxidation sites excluding steroid dienone is 3. The van der Waals surface area contributed by atoms with Crippen molar-refractivity contribution in [1.29, 1.82) is 0 Å². The van der Waals surface area contributed by atoms with Crippen molar-refractivity contribution in [2.24, 2.45) is 0 Å². The van der Waals surface area contributed by atoms with Gasteiger partial charge in [-0.1, -0.05) is 40.9 Å². The van der Waals surface area contributed by atoms with Crippen molar-refractivity contribution in [3.8, 4) is 0 Å². The Morgan fingerprint density at radius 2 is 1.87 bits per heavy atom. The van der Waals surface area contributed by atoms with Gasteiger partial charge in [-0.15, -0.1) is 0 Å². The van der Waals surface area contributed by atoms with Gasteiger partial charge in [-0.2, -0.15) is 0 Å². The molecule has 0 bridgehead atoms. The van der Waals surface area contributed by atoms with Gasteiger partial charge in [0.1, 0.15) is 5.50 Å². The predicted octanol–water partition coefficient (Wildman–Crippen LogP) is 4.40. The van der Waals surface area contributed by atoms with E-state index in [1.54, 1.807) is 0 Å². The highest BCUT2D eigenvalue weighted by molar-refractivity contribution is 6.30. The van der Waals surface area contributed by atoms with Crippen LogP contribution in [0.5, 0.6) is 0 Å². The molecule has 4 heteroatoms. The third kappa shape index (κ3) is 2.96. The number of rotatable bonds is 0. The summed E-state index contributed by atoms with van der Waals surface area (Å²) in [7, 11) is 0. The fourth-order valence-corrected chi connectivity index (χ4v) is 4.14. The average Bonchev–Trinajstić information content (AvgIpc) is 2.72. The molecule has 2 N–H and O–H groups in total. The van der Waals surface area contributed by atoms with Crippen molar-refractivity contribution in [2.45, 2.75) is 31.2 Å². The van der Waals surface area contributed by atoms with Crippen LogP contribution in [0.3, 0.4) is 0 Å².